The van der Waals surface area contributed by atoms with Crippen LogP contribution in [0.5, 0.6) is 11.5 Å². The molecule has 2 aliphatic carbocycles. The van der Waals surface area contributed by atoms with Gasteiger partial charge in [-0.15, -0.1) is 0 Å². The van der Waals surface area contributed by atoms with Gasteiger partial charge in [0, 0.05) is 17.4 Å². The average Bonchev–Trinajstić information content (AvgIpc) is 3.63. The summed E-state index contributed by atoms with van der Waals surface area (Å²) in [6.45, 7) is 0. The highest BCUT2D eigenvalue weighted by Crippen LogP contribution is 2.62. The Morgan fingerprint density at radius 2 is 1.57 bits per heavy atom. The fourth-order valence-corrected chi connectivity index (χ4v) is 6.93. The number of methoxy groups -OCH3 is 2. The Kier molecular flexibility index (Phi) is 4.28. The topological polar surface area (TPSA) is 77.4 Å². The molecule has 0 aromatic heterocycles. The molecule has 3 aromatic rings. The molecule has 2 bridgehead atoms. The van der Waals surface area contributed by atoms with E-state index < -0.39 is 0 Å². The van der Waals surface area contributed by atoms with Crippen LogP contribution in [0.2, 0.25) is 0 Å². The van der Waals surface area contributed by atoms with E-state index >= 15 is 0 Å². The number of rotatable bonds is 4. The SMILES string of the molecule is COc1ccc(C2=NO[C@@H]3[C@@H]4C[C@H]([C@H]5C(=O)N(c6ccc7ccccc7c6)C(=O)[C@H]45)[C@H]23)cc1OC. The number of hydrogen-bond donors (Lipinski definition) is 0. The van der Waals surface area contributed by atoms with Gasteiger partial charge in [-0.1, -0.05) is 35.5 Å². The van der Waals surface area contributed by atoms with Crippen molar-refractivity contribution in [3.63, 3.8) is 0 Å². The van der Waals surface area contributed by atoms with E-state index in [4.69, 9.17) is 14.3 Å². The molecule has 176 valence electrons. The van der Waals surface area contributed by atoms with Crippen molar-refractivity contribution in [2.75, 3.05) is 19.1 Å². The lowest BCUT2D eigenvalue weighted by Gasteiger charge is -2.29. The molecule has 1 saturated heterocycles. The number of imide groups is 1. The van der Waals surface area contributed by atoms with Crippen molar-refractivity contribution in [2.24, 2.45) is 34.7 Å². The number of amides is 2. The van der Waals surface area contributed by atoms with Crippen molar-refractivity contribution in [3.8, 4) is 11.5 Å². The van der Waals surface area contributed by atoms with Gasteiger partial charge in [-0.05, 0) is 53.4 Å². The number of nitrogens with zero attached hydrogens (tertiary/aromatic N) is 2. The lowest BCUT2D eigenvalue weighted by atomic mass is 9.71. The molecule has 2 saturated carbocycles. The van der Waals surface area contributed by atoms with E-state index in [0.717, 1.165) is 28.5 Å². The Morgan fingerprint density at radius 3 is 2.34 bits per heavy atom. The third kappa shape index (κ3) is 2.69. The second-order valence-corrected chi connectivity index (χ2v) is 9.80. The number of anilines is 1. The van der Waals surface area contributed by atoms with Gasteiger partial charge in [0.1, 0.15) is 6.10 Å². The van der Waals surface area contributed by atoms with Crippen molar-refractivity contribution < 1.29 is 23.9 Å². The van der Waals surface area contributed by atoms with Gasteiger partial charge in [-0.25, -0.2) is 0 Å². The molecule has 4 aliphatic rings. The van der Waals surface area contributed by atoms with E-state index in [1.165, 1.54) is 4.90 Å². The monoisotopic (exact) mass is 468 g/mol. The Labute approximate surface area is 202 Å². The van der Waals surface area contributed by atoms with E-state index in [-0.39, 0.29) is 47.5 Å². The summed E-state index contributed by atoms with van der Waals surface area (Å²) in [6.07, 6.45) is 0.623. The summed E-state index contributed by atoms with van der Waals surface area (Å²) in [4.78, 5) is 34.7. The normalized spacial score (nSPS) is 30.3. The maximum Gasteiger partial charge on any atom is 0.238 e. The maximum absolute atomic E-state index is 13.7. The summed E-state index contributed by atoms with van der Waals surface area (Å²) in [5.74, 6) is 0.350. The summed E-state index contributed by atoms with van der Waals surface area (Å²) in [5, 5.41) is 6.52. The molecule has 2 heterocycles. The lowest BCUT2D eigenvalue weighted by molar-refractivity contribution is -0.125. The predicted octanol–water partition coefficient (Wildman–Crippen LogP) is 4.03. The van der Waals surface area contributed by atoms with E-state index in [9.17, 15) is 9.59 Å². The number of hydrogen-bond acceptors (Lipinski definition) is 6. The van der Waals surface area contributed by atoms with Crippen molar-refractivity contribution in [3.05, 3.63) is 66.2 Å². The molecule has 35 heavy (non-hydrogen) atoms. The van der Waals surface area contributed by atoms with Gasteiger partial charge in [0.15, 0.2) is 11.5 Å². The molecule has 7 nitrogen and oxygen atoms in total. The maximum atomic E-state index is 13.7. The largest absolute Gasteiger partial charge is 0.493 e. The van der Waals surface area contributed by atoms with E-state index in [1.54, 1.807) is 14.2 Å². The molecule has 0 radical (unpaired) electrons. The number of fused-ring (bicyclic) bond motifs is 9. The van der Waals surface area contributed by atoms with Crippen molar-refractivity contribution in [2.45, 2.75) is 12.5 Å². The zero-order valence-electron chi connectivity index (χ0n) is 19.4. The first-order valence-corrected chi connectivity index (χ1v) is 11.9. The summed E-state index contributed by atoms with van der Waals surface area (Å²) in [7, 11) is 3.20. The van der Waals surface area contributed by atoms with Crippen LogP contribution >= 0.6 is 0 Å². The van der Waals surface area contributed by atoms with Crippen molar-refractivity contribution in [1.29, 1.82) is 0 Å². The zero-order valence-corrected chi connectivity index (χ0v) is 19.4. The highest BCUT2D eigenvalue weighted by molar-refractivity contribution is 6.23. The molecular weight excluding hydrogens is 444 g/mol. The fraction of sp³-hybridized carbons (Fsp3) is 0.321. The minimum Gasteiger partial charge on any atom is -0.493 e. The molecule has 2 amide bonds. The minimum atomic E-state index is -0.347. The highest BCUT2D eigenvalue weighted by atomic mass is 16.6. The van der Waals surface area contributed by atoms with Gasteiger partial charge in [0.2, 0.25) is 11.8 Å². The lowest BCUT2D eigenvalue weighted by Crippen LogP contribution is -2.41. The Hall–Kier alpha value is -3.87. The van der Waals surface area contributed by atoms with Crippen molar-refractivity contribution in [1.82, 2.24) is 0 Å². The molecule has 3 aromatic carbocycles. The second-order valence-electron chi connectivity index (χ2n) is 9.80. The van der Waals surface area contributed by atoms with E-state index in [0.29, 0.717) is 17.2 Å². The molecule has 7 heteroatoms. The number of carbonyl (C=O) groups excluding carboxylic acids is 2. The van der Waals surface area contributed by atoms with Gasteiger partial charge >= 0.3 is 0 Å². The fourth-order valence-electron chi connectivity index (χ4n) is 6.93. The van der Waals surface area contributed by atoms with Gasteiger partial charge < -0.3 is 14.3 Å². The third-order valence-corrected chi connectivity index (χ3v) is 8.36. The van der Waals surface area contributed by atoms with Crippen molar-refractivity contribution >= 4 is 34.0 Å². The summed E-state index contributed by atoms with van der Waals surface area (Å²) in [5.41, 5.74) is 2.36. The Bertz CT molecular complexity index is 1430. The zero-order chi connectivity index (χ0) is 23.8. The molecular formula is C28H24N2O5. The van der Waals surface area contributed by atoms with Crippen LogP contribution < -0.4 is 14.4 Å². The van der Waals surface area contributed by atoms with Crippen LogP contribution in [0.25, 0.3) is 10.8 Å². The van der Waals surface area contributed by atoms with Gasteiger partial charge in [0.25, 0.3) is 0 Å². The average molecular weight is 469 g/mol. The van der Waals surface area contributed by atoms with Crippen LogP contribution in [0.3, 0.4) is 0 Å². The van der Waals surface area contributed by atoms with E-state index in [1.807, 2.05) is 60.7 Å². The number of carbonyl (C=O) groups is 2. The minimum absolute atomic E-state index is 0.0155. The number of oxime groups is 1. The molecule has 7 rings (SSSR count). The molecule has 0 N–H and O–H groups in total. The second kappa shape index (κ2) is 7.31. The standard InChI is InChI=1S/C28H24N2O5/c1-33-20-10-8-16(12-21(20)34-2)25-24-18-13-19(26(24)35-29-25)23-22(18)27(31)30(28(23)32)17-9-7-14-5-3-4-6-15(14)11-17/h3-12,18-19,22-24,26H,13H2,1-2H3/t18-,19-,22-,23-,24-,26-/m1/s1. The Morgan fingerprint density at radius 1 is 0.829 bits per heavy atom. The number of ether oxygens (including phenoxy) is 2. The summed E-state index contributed by atoms with van der Waals surface area (Å²) < 4.78 is 10.8. The first-order chi connectivity index (χ1) is 17.1. The van der Waals surface area contributed by atoms with Gasteiger partial charge in [0.05, 0.1) is 37.5 Å². The van der Waals surface area contributed by atoms with Gasteiger partial charge in [-0.2, -0.15) is 0 Å². The van der Waals surface area contributed by atoms with Crippen LogP contribution in [0.15, 0.2) is 65.8 Å². The third-order valence-electron chi connectivity index (χ3n) is 8.36. The molecule has 2 aliphatic heterocycles. The molecule has 6 atom stereocenters. The van der Waals surface area contributed by atoms with Crippen LogP contribution in [0, 0.1) is 29.6 Å². The summed E-state index contributed by atoms with van der Waals surface area (Å²) >= 11 is 0. The molecule has 3 fully saturated rings. The number of benzene rings is 3. The summed E-state index contributed by atoms with van der Waals surface area (Å²) in [6, 6.07) is 19.4. The van der Waals surface area contributed by atoms with Gasteiger partial charge in [-0.3, -0.25) is 14.5 Å². The predicted molar refractivity (Wildman–Crippen MR) is 129 cm³/mol. The van der Waals surface area contributed by atoms with Crippen LogP contribution in [-0.4, -0.2) is 37.8 Å². The van der Waals surface area contributed by atoms with E-state index in [2.05, 4.69) is 5.16 Å². The Balaban J connectivity index is 1.23. The first kappa shape index (κ1) is 20.5. The smallest absolute Gasteiger partial charge is 0.238 e. The van der Waals surface area contributed by atoms with Crippen LogP contribution in [0.1, 0.15) is 12.0 Å². The molecule has 0 spiro atoms. The highest BCUT2D eigenvalue weighted by Gasteiger charge is 2.70. The quantitative estimate of drug-likeness (QED) is 0.541. The van der Waals surface area contributed by atoms with Crippen LogP contribution in [-0.2, 0) is 14.4 Å². The first-order valence-electron chi connectivity index (χ1n) is 11.9. The molecule has 0 unspecified atom stereocenters. The van der Waals surface area contributed by atoms with Crippen LogP contribution in [0.4, 0.5) is 5.69 Å².